The number of likely N-dealkylation sites (N-methyl/N-ethyl adjacent to an activating group) is 1. The van der Waals surface area contributed by atoms with Crippen LogP contribution in [0.1, 0.15) is 0 Å². The van der Waals surface area contributed by atoms with E-state index in [1.807, 2.05) is 40.9 Å². The first kappa shape index (κ1) is 21.1. The number of benzene rings is 1. The molecule has 5 rings (SSSR count). The van der Waals surface area contributed by atoms with E-state index >= 15 is 0 Å². The van der Waals surface area contributed by atoms with Crippen LogP contribution < -0.4 is 10.6 Å². The minimum Gasteiger partial charge on any atom is -0.337 e. The van der Waals surface area contributed by atoms with Gasteiger partial charge in [-0.25, -0.2) is 9.78 Å². The lowest BCUT2D eigenvalue weighted by atomic mass is 10.3. The fourth-order valence-corrected chi connectivity index (χ4v) is 5.39. The zero-order valence-corrected chi connectivity index (χ0v) is 19.3. The number of nitrogens with zero attached hydrogens (tertiary/aromatic N) is 6. The predicted molar refractivity (Wildman–Crippen MR) is 128 cm³/mol. The molecule has 11 heteroatoms. The molecule has 0 spiro atoms. The number of pyridine rings is 1. The minimum absolute atomic E-state index is 0.220. The van der Waals surface area contributed by atoms with E-state index in [1.165, 1.54) is 11.3 Å². The van der Waals surface area contributed by atoms with Crippen molar-refractivity contribution in [3.05, 3.63) is 42.6 Å². The molecule has 4 aromatic rings. The molecule has 2 amide bonds. The number of carbonyl (C=O) groups is 1. The van der Waals surface area contributed by atoms with Crippen molar-refractivity contribution < 1.29 is 4.79 Å². The van der Waals surface area contributed by atoms with E-state index in [2.05, 4.69) is 48.7 Å². The molecule has 0 aliphatic carbocycles. The number of amides is 2. The monoisotopic (exact) mass is 468 g/mol. The Bertz CT molecular complexity index is 1230. The third-order valence-electron chi connectivity index (χ3n) is 5.38. The van der Waals surface area contributed by atoms with Gasteiger partial charge in [0.05, 0.1) is 10.2 Å². The third kappa shape index (κ3) is 4.85. The number of hydrogen-bond donors (Lipinski definition) is 2. The molecule has 9 nitrogen and oxygen atoms in total. The molecule has 2 N–H and O–H groups in total. The lowest BCUT2D eigenvalue weighted by molar-refractivity contribution is 0.155. The van der Waals surface area contributed by atoms with E-state index in [9.17, 15) is 4.79 Å². The summed E-state index contributed by atoms with van der Waals surface area (Å²) in [4.78, 5) is 22.6. The second kappa shape index (κ2) is 9.41. The zero-order valence-electron chi connectivity index (χ0n) is 17.7. The van der Waals surface area contributed by atoms with Gasteiger partial charge in [0.2, 0.25) is 0 Å². The van der Waals surface area contributed by atoms with Crippen molar-refractivity contribution in [2.75, 3.05) is 51.6 Å². The van der Waals surface area contributed by atoms with Crippen molar-refractivity contribution in [1.82, 2.24) is 34.7 Å². The van der Waals surface area contributed by atoms with E-state index in [-0.39, 0.29) is 6.03 Å². The fourth-order valence-electron chi connectivity index (χ4n) is 3.56. The summed E-state index contributed by atoms with van der Waals surface area (Å²) < 4.78 is 2.97. The Morgan fingerprint density at radius 2 is 2.03 bits per heavy atom. The Kier molecular flexibility index (Phi) is 6.21. The Balaban J connectivity index is 1.18. The van der Waals surface area contributed by atoms with Crippen molar-refractivity contribution in [2.45, 2.75) is 10.1 Å². The number of thiazole rings is 1. The predicted octanol–water partition coefficient (Wildman–Crippen LogP) is 2.86. The number of hydrogen-bond acceptors (Lipinski definition) is 8. The van der Waals surface area contributed by atoms with Gasteiger partial charge >= 0.3 is 6.03 Å². The first-order chi connectivity index (χ1) is 15.6. The summed E-state index contributed by atoms with van der Waals surface area (Å²) in [6.45, 7) is 5.72. The van der Waals surface area contributed by atoms with Crippen molar-refractivity contribution >= 4 is 50.1 Å². The number of anilines is 1. The molecule has 32 heavy (non-hydrogen) atoms. The van der Waals surface area contributed by atoms with Gasteiger partial charge in [0, 0.05) is 50.4 Å². The molecule has 1 aromatic carbocycles. The van der Waals surface area contributed by atoms with Gasteiger partial charge in [-0.2, -0.15) is 0 Å². The third-order valence-corrected chi connectivity index (χ3v) is 7.27. The summed E-state index contributed by atoms with van der Waals surface area (Å²) in [5.74, 6) is 0. The largest absolute Gasteiger partial charge is 0.337 e. The summed E-state index contributed by atoms with van der Waals surface area (Å²) in [7, 11) is 2.14. The van der Waals surface area contributed by atoms with E-state index < -0.39 is 0 Å². The second-order valence-corrected chi connectivity index (χ2v) is 9.76. The molecule has 0 atom stereocenters. The quantitative estimate of drug-likeness (QED) is 0.450. The van der Waals surface area contributed by atoms with Crippen LogP contribution in [0.3, 0.4) is 0 Å². The maximum Gasteiger partial charge on any atom is 0.321 e. The Hall–Kier alpha value is -2.73. The molecule has 0 unspecified atom stereocenters. The highest BCUT2D eigenvalue weighted by Gasteiger charge is 2.14. The molecule has 1 aliphatic heterocycles. The molecular weight excluding hydrogens is 444 g/mol. The van der Waals surface area contributed by atoms with Crippen LogP contribution in [0.15, 0.2) is 52.6 Å². The van der Waals surface area contributed by atoms with Crippen LogP contribution in [0.5, 0.6) is 0 Å². The molecule has 4 heterocycles. The number of aromatic nitrogens is 4. The first-order valence-corrected chi connectivity index (χ1v) is 12.1. The highest BCUT2D eigenvalue weighted by Crippen LogP contribution is 2.33. The number of urea groups is 1. The topological polar surface area (TPSA) is 90.7 Å². The van der Waals surface area contributed by atoms with Crippen molar-refractivity contribution in [1.29, 1.82) is 0 Å². The fraction of sp³-hybridized carbons (Fsp3) is 0.333. The van der Waals surface area contributed by atoms with E-state index in [0.717, 1.165) is 58.6 Å². The molecule has 1 aliphatic rings. The number of carbonyl (C=O) groups excluding carboxylic acids is 1. The van der Waals surface area contributed by atoms with Gasteiger partial charge in [0.25, 0.3) is 0 Å². The van der Waals surface area contributed by atoms with Gasteiger partial charge in [0.15, 0.2) is 15.9 Å². The van der Waals surface area contributed by atoms with Gasteiger partial charge in [-0.15, -0.1) is 10.2 Å². The Labute approximate surface area is 193 Å². The maximum atomic E-state index is 12.3. The van der Waals surface area contributed by atoms with Gasteiger partial charge in [-0.1, -0.05) is 17.4 Å². The Morgan fingerprint density at radius 1 is 1.16 bits per heavy atom. The minimum atomic E-state index is -0.220. The lowest BCUT2D eigenvalue weighted by Gasteiger charge is -2.32. The van der Waals surface area contributed by atoms with Crippen molar-refractivity contribution in [2.24, 2.45) is 0 Å². The zero-order chi connectivity index (χ0) is 21.9. The van der Waals surface area contributed by atoms with Gasteiger partial charge in [0.1, 0.15) is 0 Å². The van der Waals surface area contributed by atoms with Gasteiger partial charge in [-0.3, -0.25) is 14.6 Å². The molecule has 166 valence electrons. The number of fused-ring (bicyclic) bond motifs is 2. The maximum absolute atomic E-state index is 12.3. The van der Waals surface area contributed by atoms with E-state index in [0.29, 0.717) is 11.7 Å². The van der Waals surface area contributed by atoms with Crippen LogP contribution in [0.25, 0.3) is 15.9 Å². The number of rotatable bonds is 6. The summed E-state index contributed by atoms with van der Waals surface area (Å²) >= 11 is 3.01. The normalized spacial score (nSPS) is 15.4. The van der Waals surface area contributed by atoms with Crippen LogP contribution in [0.4, 0.5) is 9.93 Å². The molecule has 1 fully saturated rings. The van der Waals surface area contributed by atoms with Crippen LogP contribution in [0.2, 0.25) is 0 Å². The summed E-state index contributed by atoms with van der Waals surface area (Å²) in [5, 5.41) is 15.7. The summed E-state index contributed by atoms with van der Waals surface area (Å²) in [5.41, 5.74) is 1.68. The van der Waals surface area contributed by atoms with E-state index in [4.69, 9.17) is 0 Å². The van der Waals surface area contributed by atoms with Crippen LogP contribution >= 0.6 is 23.1 Å². The first-order valence-electron chi connectivity index (χ1n) is 10.5. The van der Waals surface area contributed by atoms with E-state index in [1.54, 1.807) is 11.8 Å². The average molecular weight is 469 g/mol. The smallest absolute Gasteiger partial charge is 0.321 e. The highest BCUT2D eigenvalue weighted by atomic mass is 32.2. The average Bonchev–Trinajstić information content (AvgIpc) is 3.38. The number of nitrogens with one attached hydrogen (secondary N) is 2. The van der Waals surface area contributed by atoms with Crippen LogP contribution in [0, 0.1) is 0 Å². The standard InChI is InChI=1S/C21H24N8OS2/c1-27-10-12-28(13-11-27)9-7-22-19(30)24-20-23-16-6-5-15(14-17(16)32-20)31-21-26-25-18-4-2-3-8-29(18)21/h2-6,8,14H,7,9-13H2,1H3,(H2,22,23,24,30). The number of piperazine rings is 1. The molecule has 0 bridgehead atoms. The summed E-state index contributed by atoms with van der Waals surface area (Å²) in [6, 6.07) is 11.7. The second-order valence-electron chi connectivity index (χ2n) is 7.69. The SMILES string of the molecule is CN1CCN(CCNC(=O)Nc2nc3ccc(Sc4nnc5ccccn45)cc3s2)CC1. The highest BCUT2D eigenvalue weighted by molar-refractivity contribution is 7.99. The molecule has 0 radical (unpaired) electrons. The van der Waals surface area contributed by atoms with Gasteiger partial charge in [-0.05, 0) is 49.1 Å². The Morgan fingerprint density at radius 3 is 2.91 bits per heavy atom. The lowest BCUT2D eigenvalue weighted by Crippen LogP contribution is -2.47. The van der Waals surface area contributed by atoms with Crippen LogP contribution in [-0.4, -0.2) is 81.7 Å². The molecule has 1 saturated heterocycles. The van der Waals surface area contributed by atoms with Crippen molar-refractivity contribution in [3.63, 3.8) is 0 Å². The molecule has 3 aromatic heterocycles. The summed E-state index contributed by atoms with van der Waals surface area (Å²) in [6.07, 6.45) is 1.95. The van der Waals surface area contributed by atoms with Gasteiger partial charge < -0.3 is 10.2 Å². The molecule has 0 saturated carbocycles. The molecular formula is C21H24N8OS2. The van der Waals surface area contributed by atoms with Crippen molar-refractivity contribution in [3.8, 4) is 0 Å². The van der Waals surface area contributed by atoms with Crippen LogP contribution in [-0.2, 0) is 0 Å².